The summed E-state index contributed by atoms with van der Waals surface area (Å²) in [5, 5.41) is 10.9. The molecule has 1 amide bonds. The first-order chi connectivity index (χ1) is 9.10. The standard InChI is InChI=1S/C14H23IN4O/c1-13(2)6-9(7-14(3,4)18-13)17-12(20)11-10(15)8-16-19(11)5/h8-9,18H,6-7H2,1-5H3,(H,17,20). The van der Waals surface area contributed by atoms with E-state index in [4.69, 9.17) is 0 Å². The van der Waals surface area contributed by atoms with Crippen molar-refractivity contribution >= 4 is 28.5 Å². The summed E-state index contributed by atoms with van der Waals surface area (Å²) < 4.78 is 2.52. The van der Waals surface area contributed by atoms with Gasteiger partial charge < -0.3 is 10.6 Å². The predicted octanol–water partition coefficient (Wildman–Crippen LogP) is 2.06. The molecular weight excluding hydrogens is 367 g/mol. The maximum Gasteiger partial charge on any atom is 0.270 e. The number of amides is 1. The average Bonchev–Trinajstić information content (AvgIpc) is 2.53. The topological polar surface area (TPSA) is 59.0 Å². The van der Waals surface area contributed by atoms with Gasteiger partial charge in [-0.2, -0.15) is 5.10 Å². The van der Waals surface area contributed by atoms with Crippen LogP contribution >= 0.6 is 22.6 Å². The Labute approximate surface area is 134 Å². The Morgan fingerprint density at radius 3 is 2.40 bits per heavy atom. The van der Waals surface area contributed by atoms with E-state index in [1.165, 1.54) is 0 Å². The number of hydrogen-bond acceptors (Lipinski definition) is 3. The van der Waals surface area contributed by atoms with E-state index in [-0.39, 0.29) is 23.0 Å². The van der Waals surface area contributed by atoms with Gasteiger partial charge in [0.15, 0.2) is 0 Å². The lowest BCUT2D eigenvalue weighted by molar-refractivity contribution is 0.0863. The van der Waals surface area contributed by atoms with E-state index in [0.717, 1.165) is 16.4 Å². The fourth-order valence-electron chi connectivity index (χ4n) is 3.34. The Morgan fingerprint density at radius 2 is 1.95 bits per heavy atom. The van der Waals surface area contributed by atoms with Crippen LogP contribution in [0.3, 0.4) is 0 Å². The molecule has 0 unspecified atom stereocenters. The van der Waals surface area contributed by atoms with Crippen molar-refractivity contribution in [2.45, 2.75) is 57.7 Å². The zero-order valence-electron chi connectivity index (χ0n) is 12.7. The van der Waals surface area contributed by atoms with Crippen LogP contribution in [0.2, 0.25) is 0 Å². The number of carbonyl (C=O) groups is 1. The van der Waals surface area contributed by atoms with Gasteiger partial charge in [-0.15, -0.1) is 0 Å². The second-order valence-corrected chi connectivity index (χ2v) is 8.10. The second-order valence-electron chi connectivity index (χ2n) is 6.94. The van der Waals surface area contributed by atoms with Crippen molar-refractivity contribution in [3.8, 4) is 0 Å². The van der Waals surface area contributed by atoms with Crippen molar-refractivity contribution < 1.29 is 4.79 Å². The van der Waals surface area contributed by atoms with Crippen LogP contribution in [0.5, 0.6) is 0 Å². The smallest absolute Gasteiger partial charge is 0.270 e. The summed E-state index contributed by atoms with van der Waals surface area (Å²) in [5.41, 5.74) is 0.693. The fourth-order valence-corrected chi connectivity index (χ4v) is 4.06. The Balaban J connectivity index is 2.12. The van der Waals surface area contributed by atoms with Gasteiger partial charge in [0, 0.05) is 24.2 Å². The molecule has 0 aromatic carbocycles. The molecule has 0 aliphatic carbocycles. The highest BCUT2D eigenvalue weighted by molar-refractivity contribution is 14.1. The molecule has 0 bridgehead atoms. The maximum absolute atomic E-state index is 12.4. The third-order valence-corrected chi connectivity index (χ3v) is 4.42. The van der Waals surface area contributed by atoms with Gasteiger partial charge in [0.25, 0.3) is 5.91 Å². The molecule has 1 fully saturated rings. The van der Waals surface area contributed by atoms with E-state index in [0.29, 0.717) is 5.69 Å². The van der Waals surface area contributed by atoms with Gasteiger partial charge in [-0.25, -0.2) is 0 Å². The molecule has 2 rings (SSSR count). The molecule has 1 aromatic rings. The molecule has 0 radical (unpaired) electrons. The Bertz CT molecular complexity index is 486. The minimum Gasteiger partial charge on any atom is -0.348 e. The zero-order chi connectivity index (χ0) is 15.1. The number of aryl methyl sites for hydroxylation is 1. The third-order valence-electron chi connectivity index (χ3n) is 3.63. The Morgan fingerprint density at radius 1 is 1.40 bits per heavy atom. The number of piperidine rings is 1. The van der Waals surface area contributed by atoms with Crippen molar-refractivity contribution in [3.05, 3.63) is 15.5 Å². The van der Waals surface area contributed by atoms with Crippen LogP contribution < -0.4 is 10.6 Å². The van der Waals surface area contributed by atoms with Gasteiger partial charge in [0.05, 0.1) is 9.77 Å². The molecule has 0 saturated carbocycles. The van der Waals surface area contributed by atoms with E-state index < -0.39 is 0 Å². The van der Waals surface area contributed by atoms with E-state index in [2.05, 4.69) is 66.0 Å². The summed E-state index contributed by atoms with van der Waals surface area (Å²) in [6, 6.07) is 0.180. The van der Waals surface area contributed by atoms with Crippen LogP contribution in [0.1, 0.15) is 51.0 Å². The highest BCUT2D eigenvalue weighted by Crippen LogP contribution is 2.28. The molecule has 0 atom stereocenters. The van der Waals surface area contributed by atoms with Crippen molar-refractivity contribution in [2.75, 3.05) is 0 Å². The van der Waals surface area contributed by atoms with Crippen molar-refractivity contribution in [3.63, 3.8) is 0 Å². The third kappa shape index (κ3) is 3.52. The molecule has 20 heavy (non-hydrogen) atoms. The maximum atomic E-state index is 12.4. The molecule has 1 aliphatic rings. The largest absolute Gasteiger partial charge is 0.348 e. The summed E-state index contributed by atoms with van der Waals surface area (Å²) in [5.74, 6) is -0.0344. The van der Waals surface area contributed by atoms with Gasteiger partial charge in [0.1, 0.15) is 5.69 Å². The lowest BCUT2D eigenvalue weighted by atomic mass is 9.79. The SMILES string of the molecule is Cn1ncc(I)c1C(=O)NC1CC(C)(C)NC(C)(C)C1. The lowest BCUT2D eigenvalue weighted by Gasteiger charge is -2.46. The highest BCUT2D eigenvalue weighted by atomic mass is 127. The highest BCUT2D eigenvalue weighted by Gasteiger charge is 2.38. The average molecular weight is 390 g/mol. The van der Waals surface area contributed by atoms with Crippen LogP contribution in [0.15, 0.2) is 6.20 Å². The second kappa shape index (κ2) is 5.29. The molecule has 2 N–H and O–H groups in total. The number of nitrogens with zero attached hydrogens (tertiary/aromatic N) is 2. The lowest BCUT2D eigenvalue weighted by Crippen LogP contribution is -2.62. The van der Waals surface area contributed by atoms with E-state index in [1.54, 1.807) is 17.9 Å². The number of nitrogens with one attached hydrogen (secondary N) is 2. The van der Waals surface area contributed by atoms with Crippen molar-refractivity contribution in [1.82, 2.24) is 20.4 Å². The zero-order valence-corrected chi connectivity index (χ0v) is 14.9. The first kappa shape index (κ1) is 15.8. The fraction of sp³-hybridized carbons (Fsp3) is 0.714. The minimum absolute atomic E-state index is 0.0271. The first-order valence-corrected chi connectivity index (χ1v) is 7.95. The van der Waals surface area contributed by atoms with Crippen LogP contribution in [0.4, 0.5) is 0 Å². The number of halogens is 1. The summed E-state index contributed by atoms with van der Waals surface area (Å²) in [6.45, 7) is 8.73. The molecule has 6 heteroatoms. The monoisotopic (exact) mass is 390 g/mol. The quantitative estimate of drug-likeness (QED) is 0.761. The minimum atomic E-state index is -0.0344. The van der Waals surface area contributed by atoms with E-state index in [9.17, 15) is 4.79 Å². The van der Waals surface area contributed by atoms with Gasteiger partial charge in [0.2, 0.25) is 0 Å². The van der Waals surface area contributed by atoms with E-state index >= 15 is 0 Å². The summed E-state index contributed by atoms with van der Waals surface area (Å²) >= 11 is 2.15. The first-order valence-electron chi connectivity index (χ1n) is 6.87. The molecular formula is C14H23IN4O. The molecule has 112 valence electrons. The van der Waals surface area contributed by atoms with E-state index in [1.807, 2.05) is 0 Å². The van der Waals surface area contributed by atoms with Crippen molar-refractivity contribution in [2.24, 2.45) is 7.05 Å². The van der Waals surface area contributed by atoms with Gasteiger partial charge >= 0.3 is 0 Å². The summed E-state index contributed by atoms with van der Waals surface area (Å²) in [7, 11) is 1.80. The molecule has 5 nitrogen and oxygen atoms in total. The van der Waals surface area contributed by atoms with Gasteiger partial charge in [-0.3, -0.25) is 9.48 Å². The molecule has 1 aliphatic heterocycles. The molecule has 1 saturated heterocycles. The number of rotatable bonds is 2. The van der Waals surface area contributed by atoms with Gasteiger partial charge in [-0.05, 0) is 63.1 Å². The number of hydrogen-bond donors (Lipinski definition) is 2. The molecule has 2 heterocycles. The molecule has 0 spiro atoms. The number of carbonyl (C=O) groups excluding carboxylic acids is 1. The Kier molecular flexibility index (Phi) is 4.17. The summed E-state index contributed by atoms with van der Waals surface area (Å²) in [6.07, 6.45) is 3.57. The van der Waals surface area contributed by atoms with Crippen LogP contribution in [-0.2, 0) is 7.05 Å². The number of aromatic nitrogens is 2. The van der Waals surface area contributed by atoms with Crippen molar-refractivity contribution in [1.29, 1.82) is 0 Å². The predicted molar refractivity (Wildman–Crippen MR) is 87.7 cm³/mol. The summed E-state index contributed by atoms with van der Waals surface area (Å²) in [4.78, 5) is 12.4. The normalized spacial score (nSPS) is 21.7. The van der Waals surface area contributed by atoms with Crippen LogP contribution in [-0.4, -0.2) is 32.8 Å². The van der Waals surface area contributed by atoms with Crippen LogP contribution in [0, 0.1) is 3.57 Å². The van der Waals surface area contributed by atoms with Crippen LogP contribution in [0.25, 0.3) is 0 Å². The van der Waals surface area contributed by atoms with Gasteiger partial charge in [-0.1, -0.05) is 0 Å². The Hall–Kier alpha value is -0.630. The molecule has 1 aromatic heterocycles.